The Balaban J connectivity index is 2.81. The molecule has 0 aliphatic rings. The van der Waals surface area contributed by atoms with Gasteiger partial charge in [0.2, 0.25) is 0 Å². The molecule has 1 aromatic carbocycles. The molecular weight excluding hydrogens is 278 g/mol. The molecule has 0 bridgehead atoms. The van der Waals surface area contributed by atoms with Gasteiger partial charge in [-0.2, -0.15) is 5.26 Å². The molecule has 0 aromatic heterocycles. The van der Waals surface area contributed by atoms with Crippen LogP contribution in [-0.4, -0.2) is 34.3 Å². The predicted molar refractivity (Wildman–Crippen MR) is 76.4 cm³/mol. The highest BCUT2D eigenvalue weighted by molar-refractivity contribution is 8.13. The maximum absolute atomic E-state index is 10.8. The number of carbonyl (C=O) groups is 1. The summed E-state index contributed by atoms with van der Waals surface area (Å²) in [6.07, 6.45) is -1.92. The lowest BCUT2D eigenvalue weighted by molar-refractivity contribution is -0.109. The van der Waals surface area contributed by atoms with Gasteiger partial charge in [0, 0.05) is 18.2 Å². The number of methoxy groups -OCH3 is 1. The fraction of sp³-hybridized carbons (Fsp3) is 0.429. The lowest BCUT2D eigenvalue weighted by Crippen LogP contribution is -2.20. The van der Waals surface area contributed by atoms with E-state index in [1.165, 1.54) is 20.1 Å². The van der Waals surface area contributed by atoms with Crippen LogP contribution in [0.5, 0.6) is 5.75 Å². The Bertz CT molecular complexity index is 512. The van der Waals surface area contributed by atoms with Crippen LogP contribution in [0.4, 0.5) is 0 Å². The number of hydrogen-bond donors (Lipinski definition) is 2. The van der Waals surface area contributed by atoms with Gasteiger partial charge < -0.3 is 14.9 Å². The third-order valence-corrected chi connectivity index (χ3v) is 3.61. The number of benzene rings is 1. The summed E-state index contributed by atoms with van der Waals surface area (Å²) in [7, 11) is 1.45. The monoisotopic (exact) mass is 295 g/mol. The molecule has 6 heteroatoms. The van der Waals surface area contributed by atoms with Crippen molar-refractivity contribution in [1.29, 1.82) is 5.26 Å². The molecule has 1 aromatic rings. The number of hydrogen-bond acceptors (Lipinski definition) is 6. The van der Waals surface area contributed by atoms with Crippen LogP contribution in [0.1, 0.15) is 30.6 Å². The minimum absolute atomic E-state index is 0.0317. The molecule has 0 saturated carbocycles. The lowest BCUT2D eigenvalue weighted by Gasteiger charge is -2.20. The number of aliphatic hydroxyl groups excluding tert-OH is 2. The second kappa shape index (κ2) is 7.90. The highest BCUT2D eigenvalue weighted by Crippen LogP contribution is 2.29. The summed E-state index contributed by atoms with van der Waals surface area (Å²) in [5.74, 6) is 0.836. The first-order chi connectivity index (χ1) is 9.49. The van der Waals surface area contributed by atoms with Gasteiger partial charge in [-0.15, -0.1) is 0 Å². The van der Waals surface area contributed by atoms with Gasteiger partial charge in [0.25, 0.3) is 0 Å². The normalized spacial score (nSPS) is 13.3. The summed E-state index contributed by atoms with van der Waals surface area (Å²) in [4.78, 5) is 10.8. The van der Waals surface area contributed by atoms with Crippen molar-refractivity contribution >= 4 is 16.9 Å². The average molecular weight is 295 g/mol. The van der Waals surface area contributed by atoms with E-state index in [4.69, 9.17) is 10.00 Å². The molecule has 2 unspecified atom stereocenters. The van der Waals surface area contributed by atoms with Gasteiger partial charge >= 0.3 is 0 Å². The van der Waals surface area contributed by atoms with Crippen LogP contribution in [0, 0.1) is 11.3 Å². The molecule has 0 saturated heterocycles. The first-order valence-corrected chi connectivity index (χ1v) is 7.05. The predicted octanol–water partition coefficient (Wildman–Crippen LogP) is 1.63. The number of nitriles is 1. The fourth-order valence-corrected chi connectivity index (χ4v) is 2.37. The van der Waals surface area contributed by atoms with Crippen LogP contribution in [-0.2, 0) is 4.79 Å². The molecule has 2 atom stereocenters. The Morgan fingerprint density at radius 3 is 2.75 bits per heavy atom. The Morgan fingerprint density at radius 1 is 1.50 bits per heavy atom. The van der Waals surface area contributed by atoms with E-state index >= 15 is 0 Å². The largest absolute Gasteiger partial charge is 0.496 e. The van der Waals surface area contributed by atoms with Crippen LogP contribution in [0.25, 0.3) is 0 Å². The van der Waals surface area contributed by atoms with Gasteiger partial charge in [-0.25, -0.2) is 0 Å². The minimum atomic E-state index is -1.16. The third kappa shape index (κ3) is 4.53. The topological polar surface area (TPSA) is 90.6 Å². The van der Waals surface area contributed by atoms with Crippen LogP contribution in [0.3, 0.4) is 0 Å². The number of nitrogens with zero attached hydrogens (tertiary/aromatic N) is 1. The van der Waals surface area contributed by atoms with Crippen LogP contribution < -0.4 is 4.74 Å². The van der Waals surface area contributed by atoms with Gasteiger partial charge in [-0.3, -0.25) is 4.79 Å². The summed E-state index contributed by atoms with van der Waals surface area (Å²) in [6.45, 7) is 1.45. The summed E-state index contributed by atoms with van der Waals surface area (Å²) < 4.78 is 5.12. The highest BCUT2D eigenvalue weighted by atomic mass is 32.2. The van der Waals surface area contributed by atoms with Crippen molar-refractivity contribution in [3.63, 3.8) is 0 Å². The molecule has 0 amide bonds. The molecular formula is C14H17NO4S. The maximum atomic E-state index is 10.8. The highest BCUT2D eigenvalue weighted by Gasteiger charge is 2.22. The molecule has 5 nitrogen and oxygen atoms in total. The Kier molecular flexibility index (Phi) is 6.52. The van der Waals surface area contributed by atoms with E-state index in [9.17, 15) is 15.0 Å². The third-order valence-electron chi connectivity index (χ3n) is 2.76. The summed E-state index contributed by atoms with van der Waals surface area (Å²) >= 11 is 1.10. The van der Waals surface area contributed by atoms with Gasteiger partial charge in [-0.05, 0) is 24.6 Å². The van der Waals surface area contributed by atoms with E-state index in [1.54, 1.807) is 12.1 Å². The minimum Gasteiger partial charge on any atom is -0.496 e. The standard InChI is InChI=1S/C14H17NO4S/c1-9(16)20-6-5-12(17)14(18)11-7-10(8-15)3-4-13(11)19-2/h3-4,7,12,14,17-18H,5-6H2,1-2H3. The van der Waals surface area contributed by atoms with Gasteiger partial charge in [0.1, 0.15) is 11.9 Å². The fourth-order valence-electron chi connectivity index (χ4n) is 1.72. The van der Waals surface area contributed by atoms with E-state index in [0.29, 0.717) is 22.6 Å². The summed E-state index contributed by atoms with van der Waals surface area (Å²) in [5, 5.41) is 28.9. The van der Waals surface area contributed by atoms with Crippen LogP contribution >= 0.6 is 11.8 Å². The van der Waals surface area contributed by atoms with Gasteiger partial charge in [0.15, 0.2) is 5.12 Å². The van der Waals surface area contributed by atoms with Crippen molar-refractivity contribution in [2.24, 2.45) is 0 Å². The van der Waals surface area contributed by atoms with Crippen LogP contribution in [0.2, 0.25) is 0 Å². The number of thioether (sulfide) groups is 1. The summed E-state index contributed by atoms with van der Waals surface area (Å²) in [5.41, 5.74) is 0.747. The zero-order chi connectivity index (χ0) is 15.1. The quantitative estimate of drug-likeness (QED) is 0.829. The van der Waals surface area contributed by atoms with E-state index in [-0.39, 0.29) is 11.5 Å². The molecule has 20 heavy (non-hydrogen) atoms. The zero-order valence-corrected chi connectivity index (χ0v) is 12.2. The van der Waals surface area contributed by atoms with E-state index < -0.39 is 12.2 Å². The Hall–Kier alpha value is -1.55. The number of ether oxygens (including phenoxy) is 1. The SMILES string of the molecule is COc1ccc(C#N)cc1C(O)C(O)CCSC(C)=O. The van der Waals surface area contributed by atoms with E-state index in [0.717, 1.165) is 11.8 Å². The molecule has 0 heterocycles. The molecule has 0 radical (unpaired) electrons. The zero-order valence-electron chi connectivity index (χ0n) is 11.4. The molecule has 0 aliphatic carbocycles. The van der Waals surface area contributed by atoms with Crippen molar-refractivity contribution in [3.8, 4) is 11.8 Å². The molecule has 0 spiro atoms. The number of aliphatic hydroxyl groups is 2. The van der Waals surface area contributed by atoms with Crippen molar-refractivity contribution < 1.29 is 19.7 Å². The number of carbonyl (C=O) groups excluding carboxylic acids is 1. The molecule has 0 aliphatic heterocycles. The second-order valence-corrected chi connectivity index (χ2v) is 5.48. The summed E-state index contributed by atoms with van der Waals surface area (Å²) in [6, 6.07) is 6.62. The Morgan fingerprint density at radius 2 is 2.20 bits per heavy atom. The first kappa shape index (κ1) is 16.5. The smallest absolute Gasteiger partial charge is 0.185 e. The second-order valence-electron chi connectivity index (χ2n) is 4.21. The molecule has 108 valence electrons. The van der Waals surface area contributed by atoms with Crippen molar-refractivity contribution in [1.82, 2.24) is 0 Å². The van der Waals surface area contributed by atoms with E-state index in [2.05, 4.69) is 0 Å². The van der Waals surface area contributed by atoms with Crippen molar-refractivity contribution in [2.45, 2.75) is 25.6 Å². The van der Waals surface area contributed by atoms with Crippen molar-refractivity contribution in [3.05, 3.63) is 29.3 Å². The maximum Gasteiger partial charge on any atom is 0.185 e. The lowest BCUT2D eigenvalue weighted by atomic mass is 9.99. The molecule has 2 N–H and O–H groups in total. The van der Waals surface area contributed by atoms with Gasteiger partial charge in [-0.1, -0.05) is 11.8 Å². The molecule has 0 fully saturated rings. The average Bonchev–Trinajstić information content (AvgIpc) is 2.45. The number of rotatable bonds is 6. The first-order valence-electron chi connectivity index (χ1n) is 6.07. The Labute approximate surface area is 122 Å². The van der Waals surface area contributed by atoms with Gasteiger partial charge in [0.05, 0.1) is 24.8 Å². The van der Waals surface area contributed by atoms with E-state index in [1.807, 2.05) is 6.07 Å². The molecule has 1 rings (SSSR count). The van der Waals surface area contributed by atoms with Crippen molar-refractivity contribution in [2.75, 3.05) is 12.9 Å². The van der Waals surface area contributed by atoms with Crippen LogP contribution in [0.15, 0.2) is 18.2 Å².